The highest BCUT2D eigenvalue weighted by Gasteiger charge is 2.22. The number of quaternary nitrogens is 1. The van der Waals surface area contributed by atoms with Crippen molar-refractivity contribution in [1.82, 2.24) is 0 Å². The summed E-state index contributed by atoms with van der Waals surface area (Å²) in [7, 11) is 5.95. The van der Waals surface area contributed by atoms with E-state index in [9.17, 15) is 19.5 Å². The summed E-state index contributed by atoms with van der Waals surface area (Å²) in [5.74, 6) is -2.25. The van der Waals surface area contributed by atoms with Gasteiger partial charge in [0.05, 0.1) is 40.3 Å². The molecule has 558 valence electrons. The van der Waals surface area contributed by atoms with Crippen LogP contribution in [0.15, 0.2) is 48.6 Å². The average Bonchev–Trinajstić information content (AvgIpc) is 3.24. The third kappa shape index (κ3) is 78.5. The van der Waals surface area contributed by atoms with E-state index in [0.29, 0.717) is 23.9 Å². The lowest BCUT2D eigenvalue weighted by atomic mass is 10.0. The van der Waals surface area contributed by atoms with Gasteiger partial charge in [0.15, 0.2) is 12.4 Å². The number of aliphatic carboxylic acids is 1. The Morgan fingerprint density at radius 3 is 0.853 bits per heavy atom. The largest absolute Gasteiger partial charge is 0.545 e. The van der Waals surface area contributed by atoms with Gasteiger partial charge in [0, 0.05) is 12.8 Å². The molecule has 0 saturated heterocycles. The first kappa shape index (κ1) is 92.2. The van der Waals surface area contributed by atoms with Crippen LogP contribution in [0.2, 0.25) is 0 Å². The van der Waals surface area contributed by atoms with E-state index in [1.807, 2.05) is 21.1 Å². The number of ether oxygens (including phenoxy) is 4. The molecule has 95 heavy (non-hydrogen) atoms. The molecule has 0 N–H and O–H groups in total. The number of unbranched alkanes of at least 4 members (excludes halogenated alkanes) is 56. The molecule has 9 nitrogen and oxygen atoms in total. The molecule has 0 amide bonds. The first-order valence-electron chi connectivity index (χ1n) is 41.8. The second kappa shape index (κ2) is 77.0. The summed E-state index contributed by atoms with van der Waals surface area (Å²) in [6.45, 7) is 4.81. The Morgan fingerprint density at radius 2 is 0.568 bits per heavy atom. The molecular formula is C86H161NO8. The van der Waals surface area contributed by atoms with Crippen molar-refractivity contribution >= 4 is 17.9 Å². The number of likely N-dealkylation sites (N-methyl/N-ethyl adjacent to an activating group) is 1. The number of rotatable bonds is 79. The Bertz CT molecular complexity index is 1700. The molecule has 2 atom stereocenters. The van der Waals surface area contributed by atoms with Crippen LogP contribution in [0.1, 0.15) is 425 Å². The third-order valence-electron chi connectivity index (χ3n) is 19.0. The number of carbonyl (C=O) groups excluding carboxylic acids is 3. The lowest BCUT2D eigenvalue weighted by Gasteiger charge is -2.26. The summed E-state index contributed by atoms with van der Waals surface area (Å²) < 4.78 is 22.9. The molecule has 0 aliphatic carbocycles. The number of allylic oxidation sites excluding steroid dienone is 8. The van der Waals surface area contributed by atoms with Crippen LogP contribution < -0.4 is 5.11 Å². The van der Waals surface area contributed by atoms with Gasteiger partial charge in [-0.25, -0.2) is 0 Å². The molecule has 0 aliphatic heterocycles. The van der Waals surface area contributed by atoms with Gasteiger partial charge in [-0.15, -0.1) is 0 Å². The number of carbonyl (C=O) groups is 3. The van der Waals surface area contributed by atoms with Gasteiger partial charge in [-0.05, 0) is 77.0 Å². The first-order chi connectivity index (χ1) is 46.6. The van der Waals surface area contributed by atoms with Crippen molar-refractivity contribution in [2.45, 2.75) is 437 Å². The standard InChI is InChI=1S/C86H161NO8/c1-6-8-10-12-14-16-18-20-22-24-26-28-30-32-34-36-38-39-40-41-42-43-44-45-47-48-50-52-54-56-58-60-62-64-66-68-70-72-74-76-83(88)93-80-82(81-94-86(85(90)91)92-79-78-87(3,4)5)95-84(89)77-75-73-71-69-67-65-63-61-59-57-55-53-51-49-46-37-35-33-31-29-27-25-23-21-19-17-15-13-11-9-7-2/h19,21,24-27,31,33,82,86H,6-18,20,22-23,28-30,32,34-81H2,1-5H3/b21-19-,26-24-,27-25-,33-31-. The summed E-state index contributed by atoms with van der Waals surface area (Å²) in [5, 5.41) is 11.9. The van der Waals surface area contributed by atoms with Gasteiger partial charge in [0.25, 0.3) is 0 Å². The second-order valence-electron chi connectivity index (χ2n) is 29.8. The van der Waals surface area contributed by atoms with Crippen LogP contribution in [-0.2, 0) is 33.3 Å². The summed E-state index contributed by atoms with van der Waals surface area (Å²) in [6, 6.07) is 0. The maximum atomic E-state index is 13.0. The number of hydrogen-bond acceptors (Lipinski definition) is 8. The SMILES string of the molecule is CCCCCCC/C=C\C/C=C\C/C=C\CCCCCCCCCCCCCCCCCCC(=O)OC(COC(=O)CCCCCCCCCCCCCCCCCCCCCCCCCCCCC/C=C\CCCCCCCCCC)COC(OCC[N+](C)(C)C)C(=O)[O-]. The van der Waals surface area contributed by atoms with E-state index >= 15 is 0 Å². The number of carboxylic acid groups (broad SMARTS) is 1. The van der Waals surface area contributed by atoms with Crippen LogP contribution in [0, 0.1) is 0 Å². The predicted molar refractivity (Wildman–Crippen MR) is 408 cm³/mol. The second-order valence-corrected chi connectivity index (χ2v) is 29.8. The fourth-order valence-corrected chi connectivity index (χ4v) is 12.7. The molecule has 0 rings (SSSR count). The molecule has 0 aromatic rings. The molecule has 0 heterocycles. The molecule has 9 heteroatoms. The number of carboxylic acids is 1. The minimum absolute atomic E-state index is 0.150. The van der Waals surface area contributed by atoms with Crippen molar-refractivity contribution in [2.75, 3.05) is 47.5 Å². The molecule has 0 saturated carbocycles. The van der Waals surface area contributed by atoms with E-state index in [2.05, 4.69) is 62.5 Å². The highest BCUT2D eigenvalue weighted by molar-refractivity contribution is 5.70. The van der Waals surface area contributed by atoms with E-state index in [-0.39, 0.29) is 32.2 Å². The zero-order valence-electron chi connectivity index (χ0n) is 64.1. The van der Waals surface area contributed by atoms with Gasteiger partial charge in [-0.3, -0.25) is 9.59 Å². The fraction of sp³-hybridized carbons (Fsp3) is 0.872. The Hall–Kier alpha value is -2.75. The summed E-state index contributed by atoms with van der Waals surface area (Å²) >= 11 is 0. The molecule has 0 aromatic heterocycles. The zero-order valence-corrected chi connectivity index (χ0v) is 64.1. The fourth-order valence-electron chi connectivity index (χ4n) is 12.7. The van der Waals surface area contributed by atoms with E-state index in [1.165, 1.54) is 347 Å². The van der Waals surface area contributed by atoms with Crippen molar-refractivity contribution in [1.29, 1.82) is 0 Å². The Balaban J connectivity index is 3.94. The van der Waals surface area contributed by atoms with Gasteiger partial charge in [-0.2, -0.15) is 0 Å². The first-order valence-corrected chi connectivity index (χ1v) is 41.8. The number of hydrogen-bond donors (Lipinski definition) is 0. The van der Waals surface area contributed by atoms with Crippen LogP contribution in [0.5, 0.6) is 0 Å². The van der Waals surface area contributed by atoms with Gasteiger partial charge in [0.1, 0.15) is 13.2 Å². The topological polar surface area (TPSA) is 111 Å². The summed E-state index contributed by atoms with van der Waals surface area (Å²) in [6.07, 6.45) is 98.3. The number of esters is 2. The smallest absolute Gasteiger partial charge is 0.306 e. The quantitative estimate of drug-likeness (QED) is 0.0195. The zero-order chi connectivity index (χ0) is 69.0. The molecule has 0 radical (unpaired) electrons. The Labute approximate surface area is 591 Å². The maximum absolute atomic E-state index is 13.0. The van der Waals surface area contributed by atoms with E-state index < -0.39 is 24.3 Å². The van der Waals surface area contributed by atoms with Crippen LogP contribution in [0.3, 0.4) is 0 Å². The van der Waals surface area contributed by atoms with Crippen LogP contribution in [0.25, 0.3) is 0 Å². The van der Waals surface area contributed by atoms with Gasteiger partial charge in [-0.1, -0.05) is 383 Å². The van der Waals surface area contributed by atoms with E-state index in [4.69, 9.17) is 18.9 Å². The van der Waals surface area contributed by atoms with Gasteiger partial charge in [0.2, 0.25) is 0 Å². The highest BCUT2D eigenvalue weighted by atomic mass is 16.7. The van der Waals surface area contributed by atoms with Crippen molar-refractivity contribution < 1.29 is 42.9 Å². The Kier molecular flexibility index (Phi) is 74.8. The lowest BCUT2D eigenvalue weighted by molar-refractivity contribution is -0.870. The van der Waals surface area contributed by atoms with Gasteiger partial charge >= 0.3 is 11.9 Å². The minimum atomic E-state index is -1.62. The molecule has 0 fully saturated rings. The maximum Gasteiger partial charge on any atom is 0.306 e. The molecule has 0 aliphatic rings. The average molecular weight is 1340 g/mol. The lowest BCUT2D eigenvalue weighted by Crippen LogP contribution is -2.44. The molecule has 2 unspecified atom stereocenters. The monoisotopic (exact) mass is 1340 g/mol. The van der Waals surface area contributed by atoms with Crippen molar-refractivity contribution in [3.8, 4) is 0 Å². The molecule has 0 aromatic carbocycles. The summed E-state index contributed by atoms with van der Waals surface area (Å²) in [5.41, 5.74) is 0. The van der Waals surface area contributed by atoms with Crippen molar-refractivity contribution in [3.05, 3.63) is 48.6 Å². The van der Waals surface area contributed by atoms with Gasteiger partial charge < -0.3 is 33.3 Å². The van der Waals surface area contributed by atoms with Crippen LogP contribution in [0.4, 0.5) is 0 Å². The molecule has 0 spiro atoms. The summed E-state index contributed by atoms with van der Waals surface area (Å²) in [4.78, 5) is 37.6. The predicted octanol–water partition coefficient (Wildman–Crippen LogP) is 25.5. The van der Waals surface area contributed by atoms with Crippen LogP contribution >= 0.6 is 0 Å². The molecule has 0 bridgehead atoms. The van der Waals surface area contributed by atoms with Crippen molar-refractivity contribution in [3.63, 3.8) is 0 Å². The van der Waals surface area contributed by atoms with Crippen LogP contribution in [-0.4, -0.2) is 82.3 Å². The number of nitrogens with zero attached hydrogens (tertiary/aromatic N) is 1. The third-order valence-corrected chi connectivity index (χ3v) is 19.0. The van der Waals surface area contributed by atoms with E-state index in [1.54, 1.807) is 0 Å². The van der Waals surface area contributed by atoms with Crippen molar-refractivity contribution in [2.24, 2.45) is 0 Å². The minimum Gasteiger partial charge on any atom is -0.545 e. The van der Waals surface area contributed by atoms with E-state index in [0.717, 1.165) is 44.9 Å². The highest BCUT2D eigenvalue weighted by Crippen LogP contribution is 2.20. The Morgan fingerprint density at radius 1 is 0.316 bits per heavy atom. The molecular weight excluding hydrogens is 1170 g/mol. The normalized spacial score (nSPS) is 12.8.